The van der Waals surface area contributed by atoms with Crippen LogP contribution in [0.5, 0.6) is 0 Å². The van der Waals surface area contributed by atoms with Crippen LogP contribution in [-0.4, -0.2) is 24.1 Å². The van der Waals surface area contributed by atoms with Crippen molar-refractivity contribution in [3.05, 3.63) is 23.7 Å². The molecule has 1 aliphatic carbocycles. The number of fused-ring (bicyclic) bond motifs is 1. The Kier molecular flexibility index (Phi) is 3.72. The number of furan rings is 1. The van der Waals surface area contributed by atoms with Gasteiger partial charge in [-0.15, -0.1) is 0 Å². The highest BCUT2D eigenvalue weighted by atomic mass is 16.6. The summed E-state index contributed by atoms with van der Waals surface area (Å²) in [6.45, 7) is 5.18. The summed E-state index contributed by atoms with van der Waals surface area (Å²) in [7, 11) is 0. The standard InChI is InChI=1S/C16H23NO3/c1-3-12-8-9-14(20-12)15-13-7-5-6-11(13)10-17(15)16(18)19-4-2/h8-9,11,13,15H,3-7,10H2,1-2H3. The lowest BCUT2D eigenvalue weighted by Gasteiger charge is -2.25. The minimum absolute atomic E-state index is 0.0712. The number of hydrogen-bond acceptors (Lipinski definition) is 3. The third-order valence-electron chi connectivity index (χ3n) is 4.72. The zero-order chi connectivity index (χ0) is 14.1. The van der Waals surface area contributed by atoms with Crippen molar-refractivity contribution in [3.63, 3.8) is 0 Å². The van der Waals surface area contributed by atoms with Gasteiger partial charge in [0.25, 0.3) is 0 Å². The number of aryl methyl sites for hydroxylation is 1. The van der Waals surface area contributed by atoms with E-state index in [4.69, 9.17) is 9.15 Å². The molecule has 1 saturated heterocycles. The second kappa shape index (κ2) is 5.51. The van der Waals surface area contributed by atoms with Gasteiger partial charge in [-0.05, 0) is 43.7 Å². The van der Waals surface area contributed by atoms with Gasteiger partial charge in [-0.25, -0.2) is 4.79 Å². The molecule has 20 heavy (non-hydrogen) atoms. The molecule has 4 heteroatoms. The largest absolute Gasteiger partial charge is 0.464 e. The number of rotatable bonds is 3. The quantitative estimate of drug-likeness (QED) is 0.844. The summed E-state index contributed by atoms with van der Waals surface area (Å²) in [5, 5.41) is 0. The van der Waals surface area contributed by atoms with Crippen molar-refractivity contribution >= 4 is 6.09 Å². The topological polar surface area (TPSA) is 42.7 Å². The van der Waals surface area contributed by atoms with Crippen LogP contribution in [0.15, 0.2) is 16.5 Å². The molecule has 2 aliphatic rings. The lowest BCUT2D eigenvalue weighted by Crippen LogP contribution is -2.32. The van der Waals surface area contributed by atoms with E-state index in [1.807, 2.05) is 24.0 Å². The zero-order valence-corrected chi connectivity index (χ0v) is 12.3. The van der Waals surface area contributed by atoms with E-state index in [0.717, 1.165) is 24.5 Å². The average molecular weight is 277 g/mol. The minimum Gasteiger partial charge on any atom is -0.464 e. The molecule has 1 aromatic rings. The van der Waals surface area contributed by atoms with E-state index < -0.39 is 0 Å². The Labute approximate surface area is 120 Å². The number of carbonyl (C=O) groups is 1. The van der Waals surface area contributed by atoms with Crippen molar-refractivity contribution in [2.45, 2.75) is 45.6 Å². The highest BCUT2D eigenvalue weighted by Gasteiger charge is 2.48. The van der Waals surface area contributed by atoms with Gasteiger partial charge in [0.15, 0.2) is 0 Å². The van der Waals surface area contributed by atoms with Crippen LogP contribution in [0.3, 0.4) is 0 Å². The zero-order valence-electron chi connectivity index (χ0n) is 12.3. The van der Waals surface area contributed by atoms with Crippen molar-refractivity contribution in [1.82, 2.24) is 4.90 Å². The van der Waals surface area contributed by atoms with Gasteiger partial charge in [-0.1, -0.05) is 13.3 Å². The maximum Gasteiger partial charge on any atom is 0.410 e. The first-order chi connectivity index (χ1) is 9.74. The van der Waals surface area contributed by atoms with E-state index in [-0.39, 0.29) is 12.1 Å². The van der Waals surface area contributed by atoms with Crippen LogP contribution in [0.1, 0.15) is 50.7 Å². The maximum atomic E-state index is 12.2. The number of likely N-dealkylation sites (tertiary alicyclic amines) is 1. The highest BCUT2D eigenvalue weighted by Crippen LogP contribution is 2.49. The van der Waals surface area contributed by atoms with Gasteiger partial charge >= 0.3 is 6.09 Å². The first-order valence-electron chi connectivity index (χ1n) is 7.76. The van der Waals surface area contributed by atoms with E-state index in [9.17, 15) is 4.79 Å². The monoisotopic (exact) mass is 277 g/mol. The fourth-order valence-electron chi connectivity index (χ4n) is 3.81. The maximum absolute atomic E-state index is 12.2. The first-order valence-corrected chi connectivity index (χ1v) is 7.76. The van der Waals surface area contributed by atoms with Crippen LogP contribution in [-0.2, 0) is 11.2 Å². The van der Waals surface area contributed by atoms with Crippen LogP contribution in [0.2, 0.25) is 0 Å². The van der Waals surface area contributed by atoms with Crippen LogP contribution in [0, 0.1) is 11.8 Å². The molecular formula is C16H23NO3. The van der Waals surface area contributed by atoms with Crippen molar-refractivity contribution in [2.24, 2.45) is 11.8 Å². The van der Waals surface area contributed by atoms with Crippen molar-refractivity contribution in [3.8, 4) is 0 Å². The van der Waals surface area contributed by atoms with E-state index in [2.05, 4.69) is 6.92 Å². The third kappa shape index (κ3) is 2.21. The molecular weight excluding hydrogens is 254 g/mol. The molecule has 2 heterocycles. The summed E-state index contributed by atoms with van der Waals surface area (Å²) >= 11 is 0. The van der Waals surface area contributed by atoms with Gasteiger partial charge in [0.2, 0.25) is 0 Å². The fraction of sp³-hybridized carbons (Fsp3) is 0.688. The van der Waals surface area contributed by atoms with Gasteiger partial charge in [-0.2, -0.15) is 0 Å². The molecule has 3 atom stereocenters. The number of ether oxygens (including phenoxy) is 1. The molecule has 0 N–H and O–H groups in total. The van der Waals surface area contributed by atoms with Crippen molar-refractivity contribution < 1.29 is 13.9 Å². The van der Waals surface area contributed by atoms with Crippen LogP contribution < -0.4 is 0 Å². The molecule has 1 saturated carbocycles. The van der Waals surface area contributed by atoms with Crippen LogP contribution in [0.25, 0.3) is 0 Å². The van der Waals surface area contributed by atoms with Gasteiger partial charge in [-0.3, -0.25) is 4.90 Å². The molecule has 0 bridgehead atoms. The predicted octanol–water partition coefficient (Wildman–Crippen LogP) is 3.77. The summed E-state index contributed by atoms with van der Waals surface area (Å²) in [5.41, 5.74) is 0. The molecule has 0 radical (unpaired) electrons. The Bertz CT molecular complexity index is 482. The Morgan fingerprint density at radius 1 is 1.40 bits per heavy atom. The SMILES string of the molecule is CCOC(=O)N1CC2CCCC2C1c1ccc(CC)o1. The molecule has 3 unspecified atom stereocenters. The van der Waals surface area contributed by atoms with Crippen molar-refractivity contribution in [2.75, 3.05) is 13.2 Å². The second-order valence-electron chi connectivity index (χ2n) is 5.81. The van der Waals surface area contributed by atoms with E-state index >= 15 is 0 Å². The molecule has 1 aliphatic heterocycles. The Morgan fingerprint density at radius 3 is 2.95 bits per heavy atom. The smallest absolute Gasteiger partial charge is 0.410 e. The first kappa shape index (κ1) is 13.5. The summed E-state index contributed by atoms with van der Waals surface area (Å²) in [4.78, 5) is 14.1. The number of hydrogen-bond donors (Lipinski definition) is 0. The number of nitrogens with zero attached hydrogens (tertiary/aromatic N) is 1. The van der Waals surface area contributed by atoms with Gasteiger partial charge in [0.1, 0.15) is 11.5 Å². The van der Waals surface area contributed by atoms with E-state index in [0.29, 0.717) is 18.4 Å². The molecule has 0 spiro atoms. The third-order valence-corrected chi connectivity index (χ3v) is 4.72. The van der Waals surface area contributed by atoms with Gasteiger partial charge < -0.3 is 9.15 Å². The van der Waals surface area contributed by atoms with Crippen LogP contribution in [0.4, 0.5) is 4.79 Å². The summed E-state index contributed by atoms with van der Waals surface area (Å²) in [5.74, 6) is 3.07. The second-order valence-corrected chi connectivity index (χ2v) is 5.81. The fourth-order valence-corrected chi connectivity index (χ4v) is 3.81. The predicted molar refractivity (Wildman–Crippen MR) is 75.4 cm³/mol. The van der Waals surface area contributed by atoms with Crippen molar-refractivity contribution in [1.29, 1.82) is 0 Å². The molecule has 4 nitrogen and oxygen atoms in total. The summed E-state index contributed by atoms with van der Waals surface area (Å²) < 4.78 is 11.2. The molecule has 1 aromatic heterocycles. The van der Waals surface area contributed by atoms with Gasteiger partial charge in [0, 0.05) is 13.0 Å². The van der Waals surface area contributed by atoms with Gasteiger partial charge in [0.05, 0.1) is 12.6 Å². The average Bonchev–Trinajstić information content (AvgIpc) is 3.13. The Morgan fingerprint density at radius 2 is 2.25 bits per heavy atom. The van der Waals surface area contributed by atoms with E-state index in [1.54, 1.807) is 0 Å². The lowest BCUT2D eigenvalue weighted by molar-refractivity contribution is 0.0924. The lowest BCUT2D eigenvalue weighted by atomic mass is 9.92. The Hall–Kier alpha value is -1.45. The summed E-state index contributed by atoms with van der Waals surface area (Å²) in [6.07, 6.45) is 4.37. The molecule has 3 rings (SSSR count). The van der Waals surface area contributed by atoms with Crippen LogP contribution >= 0.6 is 0 Å². The summed E-state index contributed by atoms with van der Waals surface area (Å²) in [6, 6.07) is 4.14. The molecule has 0 aromatic carbocycles. The highest BCUT2D eigenvalue weighted by molar-refractivity contribution is 5.68. The normalized spacial score (nSPS) is 28.7. The molecule has 1 amide bonds. The number of amides is 1. The van der Waals surface area contributed by atoms with E-state index in [1.165, 1.54) is 19.3 Å². The molecule has 2 fully saturated rings. The molecule has 110 valence electrons. The minimum atomic E-state index is -0.193. The Balaban J connectivity index is 1.87. The number of carbonyl (C=O) groups excluding carboxylic acids is 1.